The zero-order valence-corrected chi connectivity index (χ0v) is 18.0. The lowest BCUT2D eigenvalue weighted by atomic mass is 10.2. The van der Waals surface area contributed by atoms with Crippen LogP contribution >= 0.6 is 11.8 Å². The van der Waals surface area contributed by atoms with Crippen LogP contribution in [-0.2, 0) is 11.8 Å². The first-order valence-corrected chi connectivity index (χ1v) is 10.1. The van der Waals surface area contributed by atoms with E-state index in [-0.39, 0.29) is 17.4 Å². The highest BCUT2D eigenvalue weighted by atomic mass is 32.2. The fourth-order valence-electron chi connectivity index (χ4n) is 2.56. The van der Waals surface area contributed by atoms with Crippen LogP contribution in [0.25, 0.3) is 0 Å². The van der Waals surface area contributed by atoms with Crippen molar-refractivity contribution in [1.82, 2.24) is 25.0 Å². The van der Waals surface area contributed by atoms with Crippen LogP contribution in [0.3, 0.4) is 0 Å². The zero-order valence-electron chi connectivity index (χ0n) is 17.2. The Hall–Kier alpha value is -3.55. The average Bonchev–Trinajstić information content (AvgIpc) is 3.26. The van der Waals surface area contributed by atoms with Crippen molar-refractivity contribution in [1.29, 1.82) is 0 Å². The number of amides is 1. The normalized spacial score (nSPS) is 11.7. The molecule has 2 aromatic heterocycles. The van der Waals surface area contributed by atoms with Crippen molar-refractivity contribution in [2.24, 2.45) is 12.1 Å². The third-order valence-electron chi connectivity index (χ3n) is 4.10. The molecule has 1 amide bonds. The molecule has 0 aliphatic carbocycles. The Bertz CT molecular complexity index is 1110. The number of nitrogens with one attached hydrogen (secondary N) is 3. The molecule has 0 bridgehead atoms. The van der Waals surface area contributed by atoms with Crippen molar-refractivity contribution in [3.05, 3.63) is 41.2 Å². The van der Waals surface area contributed by atoms with E-state index in [2.05, 4.69) is 40.9 Å². The Morgan fingerprint density at radius 1 is 1.31 bits per heavy atom. The number of hydrogen-bond acceptors (Lipinski definition) is 8. The van der Waals surface area contributed by atoms with Gasteiger partial charge in [-0.2, -0.15) is 15.2 Å². The first kappa shape index (κ1) is 23.1. The van der Waals surface area contributed by atoms with Gasteiger partial charge < -0.3 is 10.1 Å². The number of thioether (sulfide) groups is 1. The van der Waals surface area contributed by atoms with Gasteiger partial charge in [0.15, 0.2) is 0 Å². The minimum absolute atomic E-state index is 0.00453. The molecule has 0 aliphatic heterocycles. The maximum atomic E-state index is 12.2. The van der Waals surface area contributed by atoms with Gasteiger partial charge in [-0.25, -0.2) is 10.5 Å². The van der Waals surface area contributed by atoms with E-state index < -0.39 is 6.36 Å². The maximum absolute atomic E-state index is 12.2. The van der Waals surface area contributed by atoms with Gasteiger partial charge in [0.25, 0.3) is 0 Å². The Labute approximate surface area is 184 Å². The Morgan fingerprint density at radius 2 is 2.03 bits per heavy atom. The number of benzene rings is 1. The molecule has 32 heavy (non-hydrogen) atoms. The molecule has 14 heteroatoms. The molecule has 0 saturated carbocycles. The van der Waals surface area contributed by atoms with Gasteiger partial charge in [0, 0.05) is 24.0 Å². The molecular formula is C18H19F3N8O2S. The van der Waals surface area contributed by atoms with Crippen LogP contribution in [0.4, 0.5) is 24.8 Å². The third-order valence-corrected chi connectivity index (χ3v) is 4.95. The van der Waals surface area contributed by atoms with Crippen LogP contribution in [0.2, 0.25) is 0 Å². The second-order valence-electron chi connectivity index (χ2n) is 6.45. The predicted molar refractivity (Wildman–Crippen MR) is 113 cm³/mol. The SMILES string of the molecule is Cc1nn(C)c(C)c1/C=N\Nc1nc(SCC(=O)Nc2ccc(OC(F)(F)F)cc2)n[nH]1. The van der Waals surface area contributed by atoms with Crippen molar-refractivity contribution in [2.45, 2.75) is 25.4 Å². The minimum atomic E-state index is -4.77. The molecule has 10 nitrogen and oxygen atoms in total. The predicted octanol–water partition coefficient (Wildman–Crippen LogP) is 3.23. The molecule has 0 fully saturated rings. The summed E-state index contributed by atoms with van der Waals surface area (Å²) in [4.78, 5) is 16.2. The van der Waals surface area contributed by atoms with Gasteiger partial charge in [-0.05, 0) is 38.1 Å². The fourth-order valence-corrected chi connectivity index (χ4v) is 3.16. The minimum Gasteiger partial charge on any atom is -0.406 e. The van der Waals surface area contributed by atoms with Crippen LogP contribution in [0.1, 0.15) is 17.0 Å². The highest BCUT2D eigenvalue weighted by molar-refractivity contribution is 7.99. The molecule has 0 unspecified atom stereocenters. The number of H-pyrrole nitrogens is 1. The van der Waals surface area contributed by atoms with E-state index in [4.69, 9.17) is 0 Å². The molecule has 0 saturated heterocycles. The second kappa shape index (κ2) is 9.72. The first-order chi connectivity index (χ1) is 15.1. The van der Waals surface area contributed by atoms with E-state index in [1.54, 1.807) is 10.9 Å². The number of hydrogen-bond donors (Lipinski definition) is 3. The number of alkyl halides is 3. The van der Waals surface area contributed by atoms with E-state index in [0.29, 0.717) is 16.8 Å². The average molecular weight is 468 g/mol. The summed E-state index contributed by atoms with van der Waals surface area (Å²) >= 11 is 1.07. The smallest absolute Gasteiger partial charge is 0.406 e. The summed E-state index contributed by atoms with van der Waals surface area (Å²) in [5.74, 6) is -0.458. The van der Waals surface area contributed by atoms with Gasteiger partial charge in [-0.1, -0.05) is 11.8 Å². The van der Waals surface area contributed by atoms with E-state index in [1.165, 1.54) is 12.1 Å². The van der Waals surface area contributed by atoms with Crippen LogP contribution in [-0.4, -0.2) is 49.2 Å². The Kier molecular flexibility index (Phi) is 7.02. The summed E-state index contributed by atoms with van der Waals surface area (Å²) < 4.78 is 42.0. The van der Waals surface area contributed by atoms with Crippen LogP contribution in [0.5, 0.6) is 5.75 Å². The summed E-state index contributed by atoms with van der Waals surface area (Å²) in [7, 11) is 1.85. The van der Waals surface area contributed by atoms with Gasteiger partial charge in [-0.15, -0.1) is 18.3 Å². The van der Waals surface area contributed by atoms with E-state index in [9.17, 15) is 18.0 Å². The highest BCUT2D eigenvalue weighted by Crippen LogP contribution is 2.24. The van der Waals surface area contributed by atoms with Crippen LogP contribution < -0.4 is 15.5 Å². The molecule has 0 radical (unpaired) electrons. The number of halogens is 3. The monoisotopic (exact) mass is 468 g/mol. The molecular weight excluding hydrogens is 449 g/mol. The summed E-state index contributed by atoms with van der Waals surface area (Å²) in [5, 5.41) is 17.9. The lowest BCUT2D eigenvalue weighted by Crippen LogP contribution is -2.17. The molecule has 1 aromatic carbocycles. The van der Waals surface area contributed by atoms with Crippen molar-refractivity contribution >= 4 is 35.5 Å². The summed E-state index contributed by atoms with van der Waals surface area (Å²) in [6.07, 6.45) is -3.14. The van der Waals surface area contributed by atoms with Gasteiger partial charge in [-0.3, -0.25) is 9.48 Å². The topological polar surface area (TPSA) is 122 Å². The number of aromatic nitrogens is 5. The van der Waals surface area contributed by atoms with Gasteiger partial charge in [0.1, 0.15) is 5.75 Å². The largest absolute Gasteiger partial charge is 0.573 e. The standard InChI is InChI=1S/C18H19F3N8O2S/c1-10-14(11(2)29(3)28-10)8-22-25-16-24-17(27-26-16)32-9-15(30)23-12-4-6-13(7-5-12)31-18(19,20)21/h4-8H,9H2,1-3H3,(H,23,30)(H2,24,25,26,27)/b22-8-. The molecule has 170 valence electrons. The molecule has 3 aromatic rings. The molecule has 2 heterocycles. The van der Waals surface area contributed by atoms with Gasteiger partial charge in [0.05, 0.1) is 17.7 Å². The number of aromatic amines is 1. The van der Waals surface area contributed by atoms with E-state index >= 15 is 0 Å². The fraction of sp³-hybridized carbons (Fsp3) is 0.278. The number of carbonyl (C=O) groups excluding carboxylic acids is 1. The van der Waals surface area contributed by atoms with E-state index in [1.807, 2.05) is 20.9 Å². The number of aryl methyl sites for hydroxylation is 2. The number of rotatable bonds is 8. The number of hydrazone groups is 1. The highest BCUT2D eigenvalue weighted by Gasteiger charge is 2.30. The van der Waals surface area contributed by atoms with Crippen molar-refractivity contribution in [3.63, 3.8) is 0 Å². The molecule has 0 atom stereocenters. The number of nitrogens with zero attached hydrogens (tertiary/aromatic N) is 5. The Morgan fingerprint density at radius 3 is 2.66 bits per heavy atom. The zero-order chi connectivity index (χ0) is 23.3. The van der Waals surface area contributed by atoms with Crippen LogP contribution in [0, 0.1) is 13.8 Å². The van der Waals surface area contributed by atoms with Crippen molar-refractivity contribution < 1.29 is 22.7 Å². The summed E-state index contributed by atoms with van der Waals surface area (Å²) in [6.45, 7) is 3.81. The lowest BCUT2D eigenvalue weighted by molar-refractivity contribution is -0.274. The number of ether oxygens (including phenoxy) is 1. The van der Waals surface area contributed by atoms with Crippen molar-refractivity contribution in [2.75, 3.05) is 16.5 Å². The summed E-state index contributed by atoms with van der Waals surface area (Å²) in [6, 6.07) is 4.83. The number of anilines is 2. The number of carbonyl (C=O) groups is 1. The maximum Gasteiger partial charge on any atom is 0.573 e. The van der Waals surface area contributed by atoms with Crippen LogP contribution in [0.15, 0.2) is 34.5 Å². The lowest BCUT2D eigenvalue weighted by Gasteiger charge is -2.09. The third kappa shape index (κ3) is 6.47. The van der Waals surface area contributed by atoms with Gasteiger partial charge in [0.2, 0.25) is 17.0 Å². The molecule has 0 aliphatic rings. The quantitative estimate of drug-likeness (QED) is 0.264. The Balaban J connectivity index is 1.46. The molecule has 3 rings (SSSR count). The van der Waals surface area contributed by atoms with Gasteiger partial charge >= 0.3 is 6.36 Å². The molecule has 0 spiro atoms. The first-order valence-electron chi connectivity index (χ1n) is 9.11. The molecule has 3 N–H and O–H groups in total. The summed E-state index contributed by atoms with van der Waals surface area (Å²) in [5.41, 5.74) is 5.76. The van der Waals surface area contributed by atoms with E-state index in [0.717, 1.165) is 40.8 Å². The van der Waals surface area contributed by atoms with Crippen molar-refractivity contribution in [3.8, 4) is 5.75 Å². The second-order valence-corrected chi connectivity index (χ2v) is 7.40.